The molecule has 0 unspecified atom stereocenters. The van der Waals surface area contributed by atoms with E-state index in [1.807, 2.05) is 55.5 Å². The van der Waals surface area contributed by atoms with Gasteiger partial charge in [0.1, 0.15) is 0 Å². The molecule has 1 heterocycles. The molecule has 0 radical (unpaired) electrons. The summed E-state index contributed by atoms with van der Waals surface area (Å²) in [4.78, 5) is 10.2. The molecule has 0 bridgehead atoms. The summed E-state index contributed by atoms with van der Waals surface area (Å²) in [5.74, 6) is 0.613. The quantitative estimate of drug-likeness (QED) is 0.119. The van der Waals surface area contributed by atoms with E-state index in [0.29, 0.717) is 11.5 Å². The molecule has 0 atom stereocenters. The Hall–Kier alpha value is -6.58. The van der Waals surface area contributed by atoms with E-state index in [4.69, 9.17) is 9.98 Å². The second-order valence-corrected chi connectivity index (χ2v) is 13.3. The van der Waals surface area contributed by atoms with Gasteiger partial charge in [0.25, 0.3) is 0 Å². The average Bonchev–Trinajstić information content (AvgIpc) is 3.52. The third-order valence-corrected chi connectivity index (χ3v) is 9.86. The van der Waals surface area contributed by atoms with Crippen LogP contribution in [0, 0.1) is 13.8 Å². The lowest BCUT2D eigenvalue weighted by Crippen LogP contribution is -2.05. The predicted molar refractivity (Wildman–Crippen MR) is 222 cm³/mol. The van der Waals surface area contributed by atoms with Crippen LogP contribution < -0.4 is 0 Å². The van der Waals surface area contributed by atoms with Crippen LogP contribution in [0.1, 0.15) is 34.7 Å². The number of para-hydroxylation sites is 1. The fraction of sp³-hybridized carbons (Fsp3) is 0.0612. The molecule has 0 aliphatic rings. The van der Waals surface area contributed by atoms with Gasteiger partial charge in [-0.2, -0.15) is 0 Å². The summed E-state index contributed by atoms with van der Waals surface area (Å²) in [6, 6.07) is 59.8. The van der Waals surface area contributed by atoms with Crippen molar-refractivity contribution in [2.75, 3.05) is 0 Å². The van der Waals surface area contributed by atoms with Crippen LogP contribution >= 0.6 is 0 Å². The van der Waals surface area contributed by atoms with Gasteiger partial charge in [-0.25, -0.2) is 9.98 Å². The Labute approximate surface area is 305 Å². The minimum absolute atomic E-state index is 0.613. The number of rotatable bonds is 7. The standard InChI is InChI=1S/C49H39N3/c1-33-16-11-12-23-43(33)46-31-39(27-26-34(46)2)40-28-29-45-44-24-13-14-25-47(44)52(48(45)32-40)42-22-15-21-41(30-42)49(50-35(3)37-17-7-5-8-18-37)51-36(4)38-19-9-6-10-20-38/h5-32H,3H2,1-2,4H3. The molecule has 0 saturated carbocycles. The summed E-state index contributed by atoms with van der Waals surface area (Å²) < 4.78 is 2.37. The van der Waals surface area contributed by atoms with E-state index in [0.717, 1.165) is 39.1 Å². The number of nitrogens with zero attached hydrogens (tertiary/aromatic N) is 3. The predicted octanol–water partition coefficient (Wildman–Crippen LogP) is 12.7. The average molecular weight is 670 g/mol. The van der Waals surface area contributed by atoms with Gasteiger partial charge < -0.3 is 4.57 Å². The molecule has 3 nitrogen and oxygen atoms in total. The number of aromatic nitrogens is 1. The van der Waals surface area contributed by atoms with Gasteiger partial charge in [0, 0.05) is 27.7 Å². The van der Waals surface area contributed by atoms with Crippen LogP contribution in [-0.4, -0.2) is 16.1 Å². The first-order valence-corrected chi connectivity index (χ1v) is 17.7. The molecular weight excluding hydrogens is 631 g/mol. The van der Waals surface area contributed by atoms with Gasteiger partial charge in [-0.1, -0.05) is 146 Å². The number of hydrogen-bond donors (Lipinski definition) is 0. The fourth-order valence-electron chi connectivity index (χ4n) is 7.06. The van der Waals surface area contributed by atoms with Crippen molar-refractivity contribution in [1.82, 2.24) is 4.57 Å². The van der Waals surface area contributed by atoms with Gasteiger partial charge in [0.15, 0.2) is 5.84 Å². The Bertz CT molecular complexity index is 2660. The fourth-order valence-corrected chi connectivity index (χ4v) is 7.06. The highest BCUT2D eigenvalue weighted by Crippen LogP contribution is 2.37. The first kappa shape index (κ1) is 32.6. The van der Waals surface area contributed by atoms with Crippen LogP contribution in [-0.2, 0) is 0 Å². The van der Waals surface area contributed by atoms with Crippen LogP contribution in [0.15, 0.2) is 186 Å². The minimum atomic E-state index is 0.613. The van der Waals surface area contributed by atoms with Crippen molar-refractivity contribution < 1.29 is 0 Å². The summed E-state index contributed by atoms with van der Waals surface area (Å²) >= 11 is 0. The van der Waals surface area contributed by atoms with E-state index in [9.17, 15) is 0 Å². The van der Waals surface area contributed by atoms with Crippen LogP contribution in [0.3, 0.4) is 0 Å². The topological polar surface area (TPSA) is 29.6 Å². The van der Waals surface area contributed by atoms with E-state index in [1.54, 1.807) is 0 Å². The van der Waals surface area contributed by atoms with Crippen LogP contribution in [0.25, 0.3) is 55.4 Å². The zero-order chi connectivity index (χ0) is 35.6. The lowest BCUT2D eigenvalue weighted by Gasteiger charge is -2.13. The van der Waals surface area contributed by atoms with Crippen LogP contribution in [0.4, 0.5) is 0 Å². The molecule has 8 aromatic rings. The monoisotopic (exact) mass is 669 g/mol. The second-order valence-electron chi connectivity index (χ2n) is 13.3. The maximum absolute atomic E-state index is 5.13. The molecule has 0 spiro atoms. The Morgan fingerprint density at radius 1 is 0.481 bits per heavy atom. The summed E-state index contributed by atoms with van der Waals surface area (Å²) in [6.07, 6.45) is 0. The summed E-state index contributed by atoms with van der Waals surface area (Å²) in [5.41, 5.74) is 15.2. The summed E-state index contributed by atoms with van der Waals surface area (Å²) in [5, 5.41) is 2.42. The molecule has 0 saturated heterocycles. The summed E-state index contributed by atoms with van der Waals surface area (Å²) in [6.45, 7) is 10.7. The number of hydrogen-bond acceptors (Lipinski definition) is 1. The van der Waals surface area contributed by atoms with E-state index >= 15 is 0 Å². The first-order valence-electron chi connectivity index (χ1n) is 17.7. The van der Waals surface area contributed by atoms with Crippen molar-refractivity contribution in [3.05, 3.63) is 204 Å². The number of amidine groups is 1. The number of aryl methyl sites for hydroxylation is 2. The van der Waals surface area contributed by atoms with Gasteiger partial charge >= 0.3 is 0 Å². The zero-order valence-electron chi connectivity index (χ0n) is 29.7. The largest absolute Gasteiger partial charge is 0.309 e. The number of fused-ring (bicyclic) bond motifs is 3. The van der Waals surface area contributed by atoms with Crippen molar-refractivity contribution in [3.8, 4) is 27.9 Å². The van der Waals surface area contributed by atoms with E-state index in [-0.39, 0.29) is 0 Å². The van der Waals surface area contributed by atoms with Crippen LogP contribution in [0.2, 0.25) is 0 Å². The molecule has 8 rings (SSSR count). The smallest absolute Gasteiger partial charge is 0.160 e. The highest BCUT2D eigenvalue weighted by Gasteiger charge is 2.16. The van der Waals surface area contributed by atoms with Gasteiger partial charge in [-0.3, -0.25) is 0 Å². The molecule has 0 fully saturated rings. The number of benzene rings is 7. The lowest BCUT2D eigenvalue weighted by molar-refractivity contribution is 1.18. The molecule has 1 aromatic heterocycles. The van der Waals surface area contributed by atoms with E-state index < -0.39 is 0 Å². The maximum Gasteiger partial charge on any atom is 0.160 e. The van der Waals surface area contributed by atoms with Crippen LogP contribution in [0.5, 0.6) is 0 Å². The highest BCUT2D eigenvalue weighted by atomic mass is 15.0. The molecule has 0 N–H and O–H groups in total. The van der Waals surface area contributed by atoms with Crippen molar-refractivity contribution in [2.24, 2.45) is 9.98 Å². The van der Waals surface area contributed by atoms with Gasteiger partial charge in [0.2, 0.25) is 0 Å². The van der Waals surface area contributed by atoms with Gasteiger partial charge in [0.05, 0.1) is 16.7 Å². The molecule has 0 amide bonds. The molecule has 250 valence electrons. The highest BCUT2D eigenvalue weighted by molar-refractivity contribution is 6.13. The Morgan fingerprint density at radius 2 is 1.10 bits per heavy atom. The Balaban J connectivity index is 1.29. The van der Waals surface area contributed by atoms with Crippen molar-refractivity contribution in [2.45, 2.75) is 20.8 Å². The molecule has 3 heteroatoms. The van der Waals surface area contributed by atoms with E-state index in [1.165, 1.54) is 44.2 Å². The second kappa shape index (κ2) is 14.0. The zero-order valence-corrected chi connectivity index (χ0v) is 29.7. The normalized spacial score (nSPS) is 12.1. The van der Waals surface area contributed by atoms with E-state index in [2.05, 4.69) is 146 Å². The van der Waals surface area contributed by atoms with Crippen molar-refractivity contribution in [1.29, 1.82) is 0 Å². The van der Waals surface area contributed by atoms with Gasteiger partial charge in [-0.05, 0) is 95.6 Å². The SMILES string of the molecule is C=C(N=C(N=C(C)c1ccccc1)c1cccc(-n2c3ccccc3c3ccc(-c4ccc(C)c(-c5ccccc5C)c4)cc32)c1)c1ccccc1. The Kier molecular flexibility index (Phi) is 8.76. The van der Waals surface area contributed by atoms with Crippen molar-refractivity contribution in [3.63, 3.8) is 0 Å². The Morgan fingerprint density at radius 3 is 1.88 bits per heavy atom. The molecule has 0 aliphatic heterocycles. The number of aliphatic imine (C=N–C) groups is 2. The molecule has 52 heavy (non-hydrogen) atoms. The van der Waals surface area contributed by atoms with Gasteiger partial charge in [-0.15, -0.1) is 0 Å². The lowest BCUT2D eigenvalue weighted by atomic mass is 9.92. The first-order chi connectivity index (χ1) is 25.4. The molecular formula is C49H39N3. The van der Waals surface area contributed by atoms with Crippen molar-refractivity contribution >= 4 is 39.1 Å². The minimum Gasteiger partial charge on any atom is -0.309 e. The maximum atomic E-state index is 5.13. The summed E-state index contributed by atoms with van der Waals surface area (Å²) in [7, 11) is 0. The third kappa shape index (κ3) is 6.29. The molecule has 7 aromatic carbocycles. The molecule has 0 aliphatic carbocycles. The third-order valence-electron chi connectivity index (χ3n) is 9.86.